The van der Waals surface area contributed by atoms with E-state index >= 15 is 0 Å². The van der Waals surface area contributed by atoms with Crippen molar-refractivity contribution in [3.8, 4) is 22.5 Å². The summed E-state index contributed by atoms with van der Waals surface area (Å²) in [7, 11) is 3.29. The van der Waals surface area contributed by atoms with E-state index in [1.54, 1.807) is 14.2 Å². The molecule has 18 heavy (non-hydrogen) atoms. The van der Waals surface area contributed by atoms with Crippen LogP contribution in [0.2, 0.25) is 0 Å². The van der Waals surface area contributed by atoms with E-state index < -0.39 is 0 Å². The molecule has 0 saturated carbocycles. The van der Waals surface area contributed by atoms with E-state index in [-0.39, 0.29) is 0 Å². The van der Waals surface area contributed by atoms with Gasteiger partial charge in [0, 0.05) is 0 Å². The van der Waals surface area contributed by atoms with Crippen molar-refractivity contribution in [1.29, 1.82) is 0 Å². The molecule has 0 bridgehead atoms. The monoisotopic (exact) mass is 241 g/mol. The zero-order chi connectivity index (χ0) is 13.0. The number of ether oxygens (including phenoxy) is 2. The van der Waals surface area contributed by atoms with Gasteiger partial charge in [0.2, 0.25) is 0 Å². The van der Waals surface area contributed by atoms with Crippen molar-refractivity contribution >= 4 is 6.91 Å². The summed E-state index contributed by atoms with van der Waals surface area (Å²) in [5, 5.41) is 0. The maximum atomic E-state index is 5.60. The fourth-order valence-corrected chi connectivity index (χ4v) is 1.93. The van der Waals surface area contributed by atoms with Gasteiger partial charge in [0.15, 0.2) is 0 Å². The van der Waals surface area contributed by atoms with E-state index in [1.165, 1.54) is 0 Å². The Morgan fingerprint density at radius 2 is 1.78 bits per heavy atom. The van der Waals surface area contributed by atoms with Gasteiger partial charge in [-0.1, -0.05) is 0 Å². The predicted octanol–water partition coefficient (Wildman–Crippen LogP) is 2.17. The third kappa shape index (κ3) is 2.38. The van der Waals surface area contributed by atoms with Gasteiger partial charge < -0.3 is 0 Å². The summed E-state index contributed by atoms with van der Waals surface area (Å²) in [6.07, 6.45) is 0. The molecular formula is C14H16BNO2. The molecule has 0 aliphatic carbocycles. The normalized spacial score (nSPS) is 9.94. The SMILES string of the molecule is COc1ccbc(-c2ccc(CN)cc2)c1OC. The average Bonchev–Trinajstić information content (AvgIpc) is 2.46. The third-order valence-electron chi connectivity index (χ3n) is 2.90. The number of nitrogens with two attached hydrogens (primary N) is 1. The fourth-order valence-electron chi connectivity index (χ4n) is 1.93. The van der Waals surface area contributed by atoms with Gasteiger partial charge in [-0.2, -0.15) is 0 Å². The molecule has 0 unspecified atom stereocenters. The molecule has 2 N–H and O–H groups in total. The first-order valence-electron chi connectivity index (χ1n) is 5.80. The van der Waals surface area contributed by atoms with E-state index in [4.69, 9.17) is 15.2 Å². The minimum absolute atomic E-state index is 0.551. The number of benzene rings is 1. The minimum atomic E-state index is 0.551. The molecule has 0 aliphatic heterocycles. The van der Waals surface area contributed by atoms with Crippen molar-refractivity contribution in [1.82, 2.24) is 0 Å². The zero-order valence-corrected chi connectivity index (χ0v) is 10.6. The molecule has 0 amide bonds. The predicted molar refractivity (Wildman–Crippen MR) is 74.2 cm³/mol. The van der Waals surface area contributed by atoms with Gasteiger partial charge in [0.1, 0.15) is 0 Å². The summed E-state index contributed by atoms with van der Waals surface area (Å²) in [6, 6.07) is 10.0. The van der Waals surface area contributed by atoms with Gasteiger partial charge in [0.05, 0.1) is 0 Å². The summed E-state index contributed by atoms with van der Waals surface area (Å²) in [5.41, 5.74) is 8.81. The van der Waals surface area contributed by atoms with Crippen LogP contribution in [-0.2, 0) is 6.54 Å². The number of rotatable bonds is 4. The average molecular weight is 241 g/mol. The number of hydrogen-bond donors (Lipinski definition) is 1. The Hall–Kier alpha value is -1.81. The fraction of sp³-hybridized carbons (Fsp3) is 0.214. The molecule has 92 valence electrons. The number of hydrogen-bond acceptors (Lipinski definition) is 3. The molecule has 0 atom stereocenters. The van der Waals surface area contributed by atoms with Crippen molar-refractivity contribution in [3.05, 3.63) is 41.9 Å². The second-order valence-corrected chi connectivity index (χ2v) is 3.94. The van der Waals surface area contributed by atoms with E-state index in [2.05, 4.69) is 0 Å². The summed E-state index contributed by atoms with van der Waals surface area (Å²) < 4.78 is 10.7. The molecule has 0 spiro atoms. The van der Waals surface area contributed by atoms with Crippen molar-refractivity contribution < 1.29 is 9.47 Å². The Labute approximate surface area is 108 Å². The van der Waals surface area contributed by atoms with Crippen LogP contribution < -0.4 is 15.2 Å². The Balaban J connectivity index is 2.48. The van der Waals surface area contributed by atoms with Gasteiger partial charge in [-0.3, -0.25) is 0 Å². The first-order valence-corrected chi connectivity index (χ1v) is 5.80. The maximum absolute atomic E-state index is 5.60. The van der Waals surface area contributed by atoms with Crippen LogP contribution in [-0.4, -0.2) is 21.1 Å². The molecule has 3 nitrogen and oxygen atoms in total. The molecular weight excluding hydrogens is 225 g/mol. The Bertz CT molecular complexity index is 526. The molecule has 1 heterocycles. The molecule has 0 aliphatic rings. The second-order valence-electron chi connectivity index (χ2n) is 3.94. The Morgan fingerprint density at radius 1 is 1.06 bits per heavy atom. The van der Waals surface area contributed by atoms with Crippen LogP contribution in [0.15, 0.2) is 36.3 Å². The van der Waals surface area contributed by atoms with E-state index in [1.807, 2.05) is 43.2 Å². The van der Waals surface area contributed by atoms with Crippen LogP contribution in [0.5, 0.6) is 11.5 Å². The van der Waals surface area contributed by atoms with Crippen molar-refractivity contribution in [2.75, 3.05) is 14.2 Å². The van der Waals surface area contributed by atoms with Gasteiger partial charge in [-0.25, -0.2) is 0 Å². The molecule has 1 aromatic heterocycles. The molecule has 2 aromatic rings. The standard InChI is InChI=1S/C14H16BNO2/c1-17-12-7-8-15-13(14(12)18-2)11-5-3-10(9-16)4-6-11/h3-8H,9,16H2,1-2H3. The summed E-state index contributed by atoms with van der Waals surface area (Å²) in [4.78, 5) is 0. The first-order chi connectivity index (χ1) is 8.80. The topological polar surface area (TPSA) is 44.5 Å². The van der Waals surface area contributed by atoms with Crippen LogP contribution in [0.3, 0.4) is 0 Å². The summed E-state index contributed by atoms with van der Waals surface area (Å²) >= 11 is 0. The molecule has 0 saturated heterocycles. The molecule has 0 radical (unpaired) electrons. The molecule has 1 aromatic carbocycles. The van der Waals surface area contributed by atoms with Crippen LogP contribution in [0.25, 0.3) is 11.0 Å². The van der Waals surface area contributed by atoms with Gasteiger partial charge in [0.25, 0.3) is 0 Å². The van der Waals surface area contributed by atoms with Gasteiger partial charge >= 0.3 is 107 Å². The summed E-state index contributed by atoms with van der Waals surface area (Å²) in [6.45, 7) is 2.56. The van der Waals surface area contributed by atoms with E-state index in [9.17, 15) is 0 Å². The van der Waals surface area contributed by atoms with E-state index in [0.29, 0.717) is 6.54 Å². The quantitative estimate of drug-likeness (QED) is 0.892. The number of methoxy groups -OCH3 is 2. The van der Waals surface area contributed by atoms with Gasteiger partial charge in [-0.15, -0.1) is 0 Å². The third-order valence-corrected chi connectivity index (χ3v) is 2.90. The van der Waals surface area contributed by atoms with Crippen molar-refractivity contribution in [2.45, 2.75) is 6.54 Å². The van der Waals surface area contributed by atoms with Crippen LogP contribution in [0.4, 0.5) is 0 Å². The first kappa shape index (κ1) is 12.6. The molecule has 2 rings (SSSR count). The second kappa shape index (κ2) is 5.69. The van der Waals surface area contributed by atoms with Crippen LogP contribution in [0, 0.1) is 0 Å². The van der Waals surface area contributed by atoms with Crippen LogP contribution >= 0.6 is 0 Å². The van der Waals surface area contributed by atoms with Crippen molar-refractivity contribution in [2.24, 2.45) is 5.73 Å². The zero-order valence-electron chi connectivity index (χ0n) is 10.6. The van der Waals surface area contributed by atoms with Gasteiger partial charge in [-0.05, 0) is 0 Å². The molecule has 4 heteroatoms. The summed E-state index contributed by atoms with van der Waals surface area (Å²) in [5.74, 6) is 3.44. The molecule has 0 fully saturated rings. The van der Waals surface area contributed by atoms with Crippen molar-refractivity contribution in [3.63, 3.8) is 0 Å². The Morgan fingerprint density at radius 3 is 2.33 bits per heavy atom. The van der Waals surface area contributed by atoms with E-state index in [0.717, 1.165) is 28.1 Å². The Kier molecular flexibility index (Phi) is 4.00. The van der Waals surface area contributed by atoms with Crippen LogP contribution in [0.1, 0.15) is 5.56 Å².